The molecule has 0 saturated heterocycles. The standard InChI is InChI=1S/C15H13N3O/c1-10-9-16-15-7-6-14(17-18(10)15)13-5-3-4-12(8-13)11(2)19/h3-9H,1-2H3. The number of carbonyl (C=O) groups excluding carboxylic acids is 1. The summed E-state index contributed by atoms with van der Waals surface area (Å²) in [6.07, 6.45) is 1.79. The summed E-state index contributed by atoms with van der Waals surface area (Å²) in [6, 6.07) is 11.3. The van der Waals surface area contributed by atoms with E-state index in [1.54, 1.807) is 17.6 Å². The molecule has 94 valence electrons. The zero-order valence-corrected chi connectivity index (χ0v) is 10.8. The first kappa shape index (κ1) is 11.6. The lowest BCUT2D eigenvalue weighted by atomic mass is 10.1. The van der Waals surface area contributed by atoms with Crippen LogP contribution >= 0.6 is 0 Å². The number of imidazole rings is 1. The highest BCUT2D eigenvalue weighted by Crippen LogP contribution is 2.19. The maximum atomic E-state index is 11.4. The van der Waals surface area contributed by atoms with Crippen LogP contribution in [-0.2, 0) is 0 Å². The van der Waals surface area contributed by atoms with Gasteiger partial charge in [-0.05, 0) is 32.0 Å². The monoisotopic (exact) mass is 251 g/mol. The van der Waals surface area contributed by atoms with Gasteiger partial charge in [0.25, 0.3) is 0 Å². The first-order valence-corrected chi connectivity index (χ1v) is 6.08. The molecule has 0 bridgehead atoms. The van der Waals surface area contributed by atoms with Crippen LogP contribution in [0.4, 0.5) is 0 Å². The number of aryl methyl sites for hydroxylation is 1. The Hall–Kier alpha value is -2.49. The third-order valence-corrected chi connectivity index (χ3v) is 3.10. The van der Waals surface area contributed by atoms with Crippen LogP contribution in [0.1, 0.15) is 23.0 Å². The normalized spacial score (nSPS) is 10.8. The lowest BCUT2D eigenvalue weighted by Crippen LogP contribution is -1.97. The third kappa shape index (κ3) is 2.01. The Morgan fingerprint density at radius 2 is 2.05 bits per heavy atom. The van der Waals surface area contributed by atoms with Gasteiger partial charge in [0.05, 0.1) is 17.6 Å². The molecule has 0 aliphatic carbocycles. The van der Waals surface area contributed by atoms with Gasteiger partial charge in [-0.3, -0.25) is 4.79 Å². The van der Waals surface area contributed by atoms with E-state index in [9.17, 15) is 4.79 Å². The Kier molecular flexibility index (Phi) is 2.63. The molecule has 3 aromatic rings. The van der Waals surface area contributed by atoms with Gasteiger partial charge in [0.15, 0.2) is 11.4 Å². The van der Waals surface area contributed by atoms with E-state index in [-0.39, 0.29) is 5.78 Å². The van der Waals surface area contributed by atoms with Crippen LogP contribution in [-0.4, -0.2) is 20.4 Å². The number of Topliss-reactive ketones (excluding diaryl/α,β-unsaturated/α-hetero) is 1. The number of benzene rings is 1. The van der Waals surface area contributed by atoms with E-state index in [0.29, 0.717) is 5.56 Å². The average molecular weight is 251 g/mol. The van der Waals surface area contributed by atoms with Crippen molar-refractivity contribution < 1.29 is 4.79 Å². The summed E-state index contributed by atoms with van der Waals surface area (Å²) in [7, 11) is 0. The molecule has 0 saturated carbocycles. The number of fused-ring (bicyclic) bond motifs is 1. The second-order valence-corrected chi connectivity index (χ2v) is 4.53. The summed E-state index contributed by atoms with van der Waals surface area (Å²) >= 11 is 0. The van der Waals surface area contributed by atoms with Gasteiger partial charge in [-0.2, -0.15) is 5.10 Å². The number of aromatic nitrogens is 3. The second kappa shape index (κ2) is 4.31. The topological polar surface area (TPSA) is 47.3 Å². The molecule has 0 radical (unpaired) electrons. The Labute approximate surface area is 110 Å². The highest BCUT2D eigenvalue weighted by molar-refractivity contribution is 5.95. The Bertz CT molecular complexity index is 774. The lowest BCUT2D eigenvalue weighted by Gasteiger charge is -2.04. The molecule has 0 N–H and O–H groups in total. The highest BCUT2D eigenvalue weighted by atomic mass is 16.1. The molecule has 2 aromatic heterocycles. The fourth-order valence-electron chi connectivity index (χ4n) is 2.04. The van der Waals surface area contributed by atoms with Crippen molar-refractivity contribution in [3.63, 3.8) is 0 Å². The Morgan fingerprint density at radius 1 is 1.21 bits per heavy atom. The lowest BCUT2D eigenvalue weighted by molar-refractivity contribution is 0.101. The average Bonchev–Trinajstić information content (AvgIpc) is 2.80. The maximum absolute atomic E-state index is 11.4. The quantitative estimate of drug-likeness (QED) is 0.658. The van der Waals surface area contributed by atoms with Crippen LogP contribution < -0.4 is 0 Å². The van der Waals surface area contributed by atoms with Gasteiger partial charge in [-0.15, -0.1) is 0 Å². The van der Waals surface area contributed by atoms with E-state index >= 15 is 0 Å². The molecule has 0 amide bonds. The largest absolute Gasteiger partial charge is 0.295 e. The molecule has 4 heteroatoms. The van der Waals surface area contributed by atoms with E-state index in [1.807, 2.05) is 43.3 Å². The minimum absolute atomic E-state index is 0.0572. The fraction of sp³-hybridized carbons (Fsp3) is 0.133. The van der Waals surface area contributed by atoms with Gasteiger partial charge in [0.1, 0.15) is 0 Å². The van der Waals surface area contributed by atoms with Gasteiger partial charge >= 0.3 is 0 Å². The van der Waals surface area contributed by atoms with Gasteiger partial charge < -0.3 is 0 Å². The zero-order valence-electron chi connectivity index (χ0n) is 10.8. The van der Waals surface area contributed by atoms with Crippen LogP contribution in [0.15, 0.2) is 42.6 Å². The predicted octanol–water partition coefficient (Wildman–Crippen LogP) is 2.91. The van der Waals surface area contributed by atoms with Crippen LogP contribution in [0.5, 0.6) is 0 Å². The zero-order chi connectivity index (χ0) is 13.4. The minimum Gasteiger partial charge on any atom is -0.295 e. The highest BCUT2D eigenvalue weighted by Gasteiger charge is 2.06. The van der Waals surface area contributed by atoms with Crippen molar-refractivity contribution >= 4 is 11.4 Å². The van der Waals surface area contributed by atoms with Gasteiger partial charge in [0, 0.05) is 11.1 Å². The molecule has 0 atom stereocenters. The molecule has 0 unspecified atom stereocenters. The number of ketones is 1. The number of hydrogen-bond donors (Lipinski definition) is 0. The third-order valence-electron chi connectivity index (χ3n) is 3.10. The summed E-state index contributed by atoms with van der Waals surface area (Å²) in [6.45, 7) is 3.53. The Morgan fingerprint density at radius 3 is 2.84 bits per heavy atom. The molecule has 1 aromatic carbocycles. The van der Waals surface area contributed by atoms with Crippen molar-refractivity contribution in [1.29, 1.82) is 0 Å². The smallest absolute Gasteiger partial charge is 0.159 e. The fourth-order valence-corrected chi connectivity index (χ4v) is 2.04. The van der Waals surface area contributed by atoms with Gasteiger partial charge in [-0.1, -0.05) is 18.2 Å². The van der Waals surface area contributed by atoms with Gasteiger partial charge in [0.2, 0.25) is 0 Å². The van der Waals surface area contributed by atoms with Crippen LogP contribution in [0.2, 0.25) is 0 Å². The van der Waals surface area contributed by atoms with Gasteiger partial charge in [-0.25, -0.2) is 9.50 Å². The maximum Gasteiger partial charge on any atom is 0.159 e. The summed E-state index contributed by atoms with van der Waals surface area (Å²) < 4.78 is 1.80. The van der Waals surface area contributed by atoms with Crippen molar-refractivity contribution in [3.05, 3.63) is 53.9 Å². The van der Waals surface area contributed by atoms with E-state index in [1.165, 1.54) is 0 Å². The summed E-state index contributed by atoms with van der Waals surface area (Å²) in [5, 5.41) is 4.55. The molecule has 0 fully saturated rings. The molecule has 4 nitrogen and oxygen atoms in total. The van der Waals surface area contributed by atoms with Crippen molar-refractivity contribution in [2.45, 2.75) is 13.8 Å². The molecular formula is C15H13N3O. The predicted molar refractivity (Wildman–Crippen MR) is 73.2 cm³/mol. The van der Waals surface area contributed by atoms with E-state index in [2.05, 4.69) is 10.1 Å². The summed E-state index contributed by atoms with van der Waals surface area (Å²) in [4.78, 5) is 15.7. The first-order valence-electron chi connectivity index (χ1n) is 6.08. The van der Waals surface area contributed by atoms with Crippen LogP contribution in [0.3, 0.4) is 0 Å². The second-order valence-electron chi connectivity index (χ2n) is 4.53. The number of hydrogen-bond acceptors (Lipinski definition) is 3. The molecule has 3 rings (SSSR count). The SMILES string of the molecule is CC(=O)c1cccc(-c2ccc3ncc(C)n3n2)c1. The first-order chi connectivity index (χ1) is 9.15. The molecule has 0 aliphatic heterocycles. The van der Waals surface area contributed by atoms with E-state index in [4.69, 9.17) is 0 Å². The molecule has 0 aliphatic rings. The molecule has 19 heavy (non-hydrogen) atoms. The molecular weight excluding hydrogens is 238 g/mol. The minimum atomic E-state index is 0.0572. The molecule has 0 spiro atoms. The number of rotatable bonds is 2. The van der Waals surface area contributed by atoms with Crippen molar-refractivity contribution in [3.8, 4) is 11.3 Å². The number of nitrogens with zero attached hydrogens (tertiary/aromatic N) is 3. The Balaban J connectivity index is 2.15. The number of carbonyl (C=O) groups is 1. The van der Waals surface area contributed by atoms with E-state index < -0.39 is 0 Å². The summed E-state index contributed by atoms with van der Waals surface area (Å²) in [5.41, 5.74) is 4.27. The van der Waals surface area contributed by atoms with E-state index in [0.717, 1.165) is 22.6 Å². The summed E-state index contributed by atoms with van der Waals surface area (Å²) in [5.74, 6) is 0.0572. The van der Waals surface area contributed by atoms with Crippen molar-refractivity contribution in [2.75, 3.05) is 0 Å². The van der Waals surface area contributed by atoms with Crippen molar-refractivity contribution in [2.24, 2.45) is 0 Å². The van der Waals surface area contributed by atoms with Crippen molar-refractivity contribution in [1.82, 2.24) is 14.6 Å². The van der Waals surface area contributed by atoms with Crippen LogP contribution in [0.25, 0.3) is 16.9 Å². The van der Waals surface area contributed by atoms with Crippen LogP contribution in [0, 0.1) is 6.92 Å². The molecule has 2 heterocycles.